The van der Waals surface area contributed by atoms with Gasteiger partial charge in [-0.05, 0) is 61.6 Å². The summed E-state index contributed by atoms with van der Waals surface area (Å²) < 4.78 is 18.9. The van der Waals surface area contributed by atoms with Crippen molar-refractivity contribution in [1.82, 2.24) is 9.88 Å². The van der Waals surface area contributed by atoms with Crippen molar-refractivity contribution in [2.45, 2.75) is 39.7 Å². The second-order valence-corrected chi connectivity index (χ2v) is 6.99. The zero-order valence-electron chi connectivity index (χ0n) is 16.3. The Labute approximate surface area is 164 Å². The summed E-state index contributed by atoms with van der Waals surface area (Å²) in [6, 6.07) is 6.43. The van der Waals surface area contributed by atoms with Gasteiger partial charge in [-0.25, -0.2) is 4.39 Å². The van der Waals surface area contributed by atoms with Crippen LogP contribution in [0.5, 0.6) is 0 Å². The van der Waals surface area contributed by atoms with Crippen LogP contribution in [-0.2, 0) is 27.3 Å². The fraction of sp³-hybridized carbons (Fsp3) is 0.409. The molecule has 1 fully saturated rings. The van der Waals surface area contributed by atoms with E-state index in [0.717, 1.165) is 35.1 Å². The van der Waals surface area contributed by atoms with E-state index >= 15 is 0 Å². The quantitative estimate of drug-likeness (QED) is 0.651. The third kappa shape index (κ3) is 4.94. The molecule has 1 aromatic carbocycles. The van der Waals surface area contributed by atoms with Crippen LogP contribution in [0.25, 0.3) is 11.1 Å². The molecule has 0 bridgehead atoms. The molecule has 5 nitrogen and oxygen atoms in total. The van der Waals surface area contributed by atoms with Crippen LogP contribution in [-0.4, -0.2) is 34.9 Å². The summed E-state index contributed by atoms with van der Waals surface area (Å²) in [5.41, 5.74) is 3.05. The van der Waals surface area contributed by atoms with Gasteiger partial charge in [-0.3, -0.25) is 14.6 Å². The number of pyridine rings is 1. The Morgan fingerprint density at radius 3 is 2.68 bits per heavy atom. The Bertz CT molecular complexity index is 865. The normalized spacial score (nSPS) is 13.2. The molecule has 1 aromatic heterocycles. The highest BCUT2D eigenvalue weighted by Crippen LogP contribution is 2.32. The van der Waals surface area contributed by atoms with Gasteiger partial charge in [0.25, 0.3) is 0 Å². The van der Waals surface area contributed by atoms with Crippen molar-refractivity contribution >= 4 is 11.9 Å². The smallest absolute Gasteiger partial charge is 0.310 e. The molecule has 1 aliphatic rings. The number of rotatable bonds is 8. The molecule has 1 saturated carbocycles. The number of amides is 1. The van der Waals surface area contributed by atoms with Crippen molar-refractivity contribution in [3.63, 3.8) is 0 Å². The first-order valence-corrected chi connectivity index (χ1v) is 9.69. The molecule has 0 aliphatic heterocycles. The summed E-state index contributed by atoms with van der Waals surface area (Å²) in [7, 11) is 0. The second-order valence-electron chi connectivity index (χ2n) is 6.99. The van der Waals surface area contributed by atoms with Gasteiger partial charge in [-0.1, -0.05) is 6.07 Å². The minimum absolute atomic E-state index is 0.117. The van der Waals surface area contributed by atoms with E-state index < -0.39 is 0 Å². The van der Waals surface area contributed by atoms with Crippen LogP contribution in [0, 0.1) is 11.7 Å². The van der Waals surface area contributed by atoms with Crippen LogP contribution in [0.4, 0.5) is 4.39 Å². The summed E-state index contributed by atoms with van der Waals surface area (Å²) in [5, 5.41) is 0. The molecule has 0 spiro atoms. The highest BCUT2D eigenvalue weighted by Gasteiger charge is 2.33. The molecule has 0 N–H and O–H groups in total. The maximum atomic E-state index is 13.9. The van der Waals surface area contributed by atoms with Gasteiger partial charge >= 0.3 is 5.97 Å². The molecule has 1 amide bonds. The lowest BCUT2D eigenvalue weighted by molar-refractivity contribution is -0.142. The Kier molecular flexibility index (Phi) is 6.39. The Hall–Kier alpha value is -2.76. The van der Waals surface area contributed by atoms with Crippen molar-refractivity contribution < 1.29 is 18.7 Å². The molecular formula is C22H25FN2O3. The van der Waals surface area contributed by atoms with Crippen LogP contribution in [0.15, 0.2) is 36.7 Å². The van der Waals surface area contributed by atoms with E-state index in [2.05, 4.69) is 4.98 Å². The van der Waals surface area contributed by atoms with Gasteiger partial charge in [0.1, 0.15) is 5.82 Å². The molecule has 2 aromatic rings. The minimum Gasteiger partial charge on any atom is -0.466 e. The maximum absolute atomic E-state index is 13.9. The van der Waals surface area contributed by atoms with Crippen LogP contribution >= 0.6 is 0 Å². The summed E-state index contributed by atoms with van der Waals surface area (Å²) in [6.45, 7) is 4.95. The highest BCUT2D eigenvalue weighted by atomic mass is 19.1. The molecule has 28 heavy (non-hydrogen) atoms. The van der Waals surface area contributed by atoms with Crippen LogP contribution < -0.4 is 0 Å². The van der Waals surface area contributed by atoms with Crippen molar-refractivity contribution in [2.75, 3.05) is 13.2 Å². The second kappa shape index (κ2) is 8.95. The SMILES string of the molecule is CCOC(=O)Cc1cncc(-c2ccc(F)cc2CN(CC)C(=O)C2CC2)c1. The first kappa shape index (κ1) is 20.0. The number of hydrogen-bond acceptors (Lipinski definition) is 4. The number of carbonyl (C=O) groups is 2. The van der Waals surface area contributed by atoms with Gasteiger partial charge in [0, 0.05) is 37.0 Å². The predicted molar refractivity (Wildman–Crippen MR) is 104 cm³/mol. The van der Waals surface area contributed by atoms with Crippen LogP contribution in [0.3, 0.4) is 0 Å². The van der Waals surface area contributed by atoms with Gasteiger partial charge in [-0.15, -0.1) is 0 Å². The average molecular weight is 384 g/mol. The number of nitrogens with zero attached hydrogens (tertiary/aromatic N) is 2. The van der Waals surface area contributed by atoms with Gasteiger partial charge in [-0.2, -0.15) is 0 Å². The molecule has 0 unspecified atom stereocenters. The lowest BCUT2D eigenvalue weighted by Crippen LogP contribution is -2.31. The maximum Gasteiger partial charge on any atom is 0.310 e. The fourth-order valence-corrected chi connectivity index (χ4v) is 3.22. The number of carbonyl (C=O) groups excluding carboxylic acids is 2. The molecule has 6 heteroatoms. The fourth-order valence-electron chi connectivity index (χ4n) is 3.22. The average Bonchev–Trinajstić information content (AvgIpc) is 3.51. The largest absolute Gasteiger partial charge is 0.466 e. The summed E-state index contributed by atoms with van der Waals surface area (Å²) in [6.07, 6.45) is 5.31. The standard InChI is InChI=1S/C22H25FN2O3/c1-3-25(22(27)16-5-6-16)14-18-11-19(23)7-8-20(18)17-9-15(12-24-13-17)10-21(26)28-4-2/h7-9,11-13,16H,3-6,10,14H2,1-2H3. The van der Waals surface area contributed by atoms with Crippen molar-refractivity contribution in [3.8, 4) is 11.1 Å². The van der Waals surface area contributed by atoms with E-state index in [4.69, 9.17) is 4.74 Å². The molecule has 148 valence electrons. The van der Waals surface area contributed by atoms with E-state index in [0.29, 0.717) is 19.7 Å². The number of aromatic nitrogens is 1. The van der Waals surface area contributed by atoms with Crippen molar-refractivity contribution in [2.24, 2.45) is 5.92 Å². The summed E-state index contributed by atoms with van der Waals surface area (Å²) in [4.78, 5) is 30.2. The van der Waals surface area contributed by atoms with Crippen molar-refractivity contribution in [1.29, 1.82) is 0 Å². The Morgan fingerprint density at radius 2 is 2.00 bits per heavy atom. The van der Waals surface area contributed by atoms with E-state index in [1.54, 1.807) is 30.3 Å². The third-order valence-corrected chi connectivity index (χ3v) is 4.81. The van der Waals surface area contributed by atoms with Crippen LogP contribution in [0.1, 0.15) is 37.8 Å². The number of hydrogen-bond donors (Lipinski definition) is 0. The molecule has 1 aliphatic carbocycles. The predicted octanol–water partition coefficient (Wildman–Crippen LogP) is 3.75. The zero-order chi connectivity index (χ0) is 20.1. The molecule has 0 radical (unpaired) electrons. The van der Waals surface area contributed by atoms with E-state index in [1.165, 1.54) is 12.1 Å². The molecule has 1 heterocycles. The first-order valence-electron chi connectivity index (χ1n) is 9.69. The Balaban J connectivity index is 1.87. The monoisotopic (exact) mass is 384 g/mol. The van der Waals surface area contributed by atoms with Gasteiger partial charge < -0.3 is 9.64 Å². The van der Waals surface area contributed by atoms with Gasteiger partial charge in [0.05, 0.1) is 13.0 Å². The van der Waals surface area contributed by atoms with Gasteiger partial charge in [0.2, 0.25) is 5.91 Å². The van der Waals surface area contributed by atoms with E-state index in [9.17, 15) is 14.0 Å². The molecule has 0 saturated heterocycles. The number of benzene rings is 1. The molecular weight excluding hydrogens is 359 g/mol. The first-order chi connectivity index (χ1) is 13.5. The topological polar surface area (TPSA) is 59.5 Å². The lowest BCUT2D eigenvalue weighted by Gasteiger charge is -2.22. The summed E-state index contributed by atoms with van der Waals surface area (Å²) in [5.74, 6) is -0.407. The minimum atomic E-state index is -0.343. The van der Waals surface area contributed by atoms with E-state index in [1.807, 2.05) is 13.0 Å². The number of halogens is 1. The zero-order valence-corrected chi connectivity index (χ0v) is 16.3. The lowest BCUT2D eigenvalue weighted by atomic mass is 9.98. The third-order valence-electron chi connectivity index (χ3n) is 4.81. The Morgan fingerprint density at radius 1 is 1.21 bits per heavy atom. The summed E-state index contributed by atoms with van der Waals surface area (Å²) >= 11 is 0. The highest BCUT2D eigenvalue weighted by molar-refractivity contribution is 5.81. The van der Waals surface area contributed by atoms with Gasteiger partial charge in [0.15, 0.2) is 0 Å². The molecule has 0 atom stereocenters. The molecule has 3 rings (SSSR count). The van der Waals surface area contributed by atoms with Crippen LogP contribution in [0.2, 0.25) is 0 Å². The number of ether oxygens (including phenoxy) is 1. The number of esters is 1. The van der Waals surface area contributed by atoms with Crippen molar-refractivity contribution in [3.05, 3.63) is 53.6 Å². The van der Waals surface area contributed by atoms with E-state index in [-0.39, 0.29) is 30.0 Å².